The standard InChI is InChI=1S/C32H46O3/c1-7-9-11-13-15-23-17-25(21(3)4)29-27(19-23)31-34-30-26(22(5)6)18-24(16-14-12-10-8-2)20-28(30)32(33-29)35-31/h17-22,31-32H,7-16H2,1-6H3. The summed E-state index contributed by atoms with van der Waals surface area (Å²) in [5, 5.41) is 0. The highest BCUT2D eigenvalue weighted by molar-refractivity contribution is 5.53. The number of ether oxygens (including phenoxy) is 3. The van der Waals surface area contributed by atoms with Gasteiger partial charge in [0.05, 0.1) is 11.1 Å². The van der Waals surface area contributed by atoms with Gasteiger partial charge in [-0.1, -0.05) is 92.2 Å². The van der Waals surface area contributed by atoms with E-state index < -0.39 is 12.6 Å². The van der Waals surface area contributed by atoms with Crippen LogP contribution in [0, 0.1) is 0 Å². The molecule has 0 amide bonds. The summed E-state index contributed by atoms with van der Waals surface area (Å²) in [4.78, 5) is 0. The normalized spacial score (nSPS) is 18.3. The van der Waals surface area contributed by atoms with Crippen molar-refractivity contribution in [2.24, 2.45) is 0 Å². The fourth-order valence-corrected chi connectivity index (χ4v) is 5.41. The highest BCUT2D eigenvalue weighted by atomic mass is 16.8. The molecule has 0 saturated carbocycles. The van der Waals surface area contributed by atoms with E-state index in [0.29, 0.717) is 11.8 Å². The van der Waals surface area contributed by atoms with E-state index in [2.05, 4.69) is 65.8 Å². The SMILES string of the molecule is CCCCCCc1cc(C(C)C)c2c(c1)C1Oc3c(C(C)C)cc(CCCCCC)cc3C(O2)O1. The molecule has 35 heavy (non-hydrogen) atoms. The number of unbranched alkanes of at least 4 members (excludes halogenated alkanes) is 6. The van der Waals surface area contributed by atoms with Crippen molar-refractivity contribution in [2.45, 2.75) is 130 Å². The molecule has 0 spiro atoms. The van der Waals surface area contributed by atoms with E-state index in [0.717, 1.165) is 35.5 Å². The molecule has 192 valence electrons. The Morgan fingerprint density at radius 1 is 0.600 bits per heavy atom. The Morgan fingerprint density at radius 3 is 1.40 bits per heavy atom. The molecule has 2 aliphatic heterocycles. The predicted octanol–water partition coefficient (Wildman–Crippen LogP) is 9.68. The van der Waals surface area contributed by atoms with Crippen molar-refractivity contribution in [1.29, 1.82) is 0 Å². The van der Waals surface area contributed by atoms with Gasteiger partial charge >= 0.3 is 0 Å². The number of fused-ring (bicyclic) bond motifs is 6. The molecular formula is C32H46O3. The van der Waals surface area contributed by atoms with Crippen molar-refractivity contribution in [1.82, 2.24) is 0 Å². The Labute approximate surface area is 213 Å². The van der Waals surface area contributed by atoms with Crippen LogP contribution in [0.4, 0.5) is 0 Å². The maximum absolute atomic E-state index is 6.65. The third kappa shape index (κ3) is 5.88. The van der Waals surface area contributed by atoms with Crippen LogP contribution in [0.1, 0.15) is 151 Å². The lowest BCUT2D eigenvalue weighted by atomic mass is 9.91. The van der Waals surface area contributed by atoms with Gasteiger partial charge < -0.3 is 9.47 Å². The van der Waals surface area contributed by atoms with Gasteiger partial charge in [-0.3, -0.25) is 4.74 Å². The van der Waals surface area contributed by atoms with Crippen molar-refractivity contribution >= 4 is 0 Å². The smallest absolute Gasteiger partial charge is 0.233 e. The Morgan fingerprint density at radius 2 is 1.03 bits per heavy atom. The second-order valence-corrected chi connectivity index (χ2v) is 11.2. The van der Waals surface area contributed by atoms with E-state index in [1.807, 2.05) is 0 Å². The fraction of sp³-hybridized carbons (Fsp3) is 0.625. The van der Waals surface area contributed by atoms with E-state index in [4.69, 9.17) is 14.2 Å². The summed E-state index contributed by atoms with van der Waals surface area (Å²) in [7, 11) is 0. The van der Waals surface area contributed by atoms with Gasteiger partial charge in [0.2, 0.25) is 12.6 Å². The zero-order valence-electron chi connectivity index (χ0n) is 22.9. The Bertz CT molecular complexity index is 911. The summed E-state index contributed by atoms with van der Waals surface area (Å²) in [6, 6.07) is 9.27. The molecule has 0 aromatic heterocycles. The molecule has 0 fully saturated rings. The van der Waals surface area contributed by atoms with Gasteiger partial charge in [-0.25, -0.2) is 0 Å². The third-order valence-electron chi connectivity index (χ3n) is 7.50. The first-order chi connectivity index (χ1) is 16.9. The second kappa shape index (κ2) is 11.8. The van der Waals surface area contributed by atoms with Crippen molar-refractivity contribution in [3.63, 3.8) is 0 Å². The third-order valence-corrected chi connectivity index (χ3v) is 7.50. The molecule has 2 aromatic rings. The van der Waals surface area contributed by atoms with Crippen molar-refractivity contribution in [2.75, 3.05) is 0 Å². The van der Waals surface area contributed by atoms with Gasteiger partial charge in [0.25, 0.3) is 0 Å². The molecule has 0 N–H and O–H groups in total. The van der Waals surface area contributed by atoms with Crippen LogP contribution in [0.25, 0.3) is 0 Å². The summed E-state index contributed by atoms with van der Waals surface area (Å²) in [6.07, 6.45) is 11.5. The van der Waals surface area contributed by atoms with Gasteiger partial charge in [-0.2, -0.15) is 0 Å². The van der Waals surface area contributed by atoms with E-state index >= 15 is 0 Å². The maximum Gasteiger partial charge on any atom is 0.233 e. The highest BCUT2D eigenvalue weighted by Gasteiger charge is 2.40. The van der Waals surface area contributed by atoms with Crippen LogP contribution in [-0.2, 0) is 17.6 Å². The topological polar surface area (TPSA) is 27.7 Å². The lowest BCUT2D eigenvalue weighted by Crippen LogP contribution is -2.32. The molecule has 3 heteroatoms. The van der Waals surface area contributed by atoms with Crippen LogP contribution >= 0.6 is 0 Å². The molecule has 4 rings (SSSR count). The van der Waals surface area contributed by atoms with E-state index in [1.165, 1.54) is 73.6 Å². The summed E-state index contributed by atoms with van der Waals surface area (Å²) in [5.74, 6) is 2.72. The minimum atomic E-state index is -0.405. The largest absolute Gasteiger partial charge is 0.459 e. The number of benzene rings is 2. The molecule has 2 aromatic carbocycles. The highest BCUT2D eigenvalue weighted by Crippen LogP contribution is 2.52. The second-order valence-electron chi connectivity index (χ2n) is 11.2. The minimum Gasteiger partial charge on any atom is -0.459 e. The molecule has 0 radical (unpaired) electrons. The molecule has 2 heterocycles. The first-order valence-corrected chi connectivity index (χ1v) is 14.2. The molecule has 2 unspecified atom stereocenters. The predicted molar refractivity (Wildman–Crippen MR) is 145 cm³/mol. The molecule has 2 aliphatic rings. The van der Waals surface area contributed by atoms with E-state index in [-0.39, 0.29) is 0 Å². The molecule has 3 nitrogen and oxygen atoms in total. The molecule has 2 atom stereocenters. The van der Waals surface area contributed by atoms with Crippen LogP contribution in [0.3, 0.4) is 0 Å². The van der Waals surface area contributed by atoms with Crippen molar-refractivity contribution < 1.29 is 14.2 Å². The number of rotatable bonds is 12. The van der Waals surface area contributed by atoms with Gasteiger partial charge in [0.1, 0.15) is 11.5 Å². The zero-order chi connectivity index (χ0) is 24.9. The average molecular weight is 479 g/mol. The summed E-state index contributed by atoms with van der Waals surface area (Å²) < 4.78 is 19.7. The quantitative estimate of drug-likeness (QED) is 0.284. The monoisotopic (exact) mass is 478 g/mol. The Kier molecular flexibility index (Phi) is 8.81. The fourth-order valence-electron chi connectivity index (χ4n) is 5.41. The molecule has 0 saturated heterocycles. The molecule has 0 aliphatic carbocycles. The van der Waals surface area contributed by atoms with E-state index in [9.17, 15) is 0 Å². The van der Waals surface area contributed by atoms with Crippen LogP contribution in [0.5, 0.6) is 11.5 Å². The lowest BCUT2D eigenvalue weighted by molar-refractivity contribution is -0.228. The molecule has 2 bridgehead atoms. The van der Waals surface area contributed by atoms with Crippen LogP contribution in [0.2, 0.25) is 0 Å². The van der Waals surface area contributed by atoms with Crippen LogP contribution < -0.4 is 9.47 Å². The van der Waals surface area contributed by atoms with E-state index in [1.54, 1.807) is 0 Å². The van der Waals surface area contributed by atoms with Gasteiger partial charge in [-0.05, 0) is 71.9 Å². The first-order valence-electron chi connectivity index (χ1n) is 14.2. The first kappa shape index (κ1) is 26.1. The Balaban J connectivity index is 1.65. The van der Waals surface area contributed by atoms with Gasteiger partial charge in [-0.15, -0.1) is 0 Å². The van der Waals surface area contributed by atoms with Gasteiger partial charge in [0, 0.05) is 0 Å². The lowest BCUT2D eigenvalue weighted by Gasteiger charge is -2.40. The summed E-state index contributed by atoms with van der Waals surface area (Å²) in [5.41, 5.74) is 7.41. The van der Waals surface area contributed by atoms with Crippen LogP contribution in [0.15, 0.2) is 24.3 Å². The number of hydrogen-bond acceptors (Lipinski definition) is 3. The maximum atomic E-state index is 6.65. The average Bonchev–Trinajstić information content (AvgIpc) is 2.84. The van der Waals surface area contributed by atoms with Crippen molar-refractivity contribution in [3.05, 3.63) is 57.6 Å². The number of hydrogen-bond donors (Lipinski definition) is 0. The van der Waals surface area contributed by atoms with Crippen molar-refractivity contribution in [3.8, 4) is 11.5 Å². The van der Waals surface area contributed by atoms with Gasteiger partial charge in [0.15, 0.2) is 0 Å². The number of aryl methyl sites for hydroxylation is 2. The molecular weight excluding hydrogens is 432 g/mol. The summed E-state index contributed by atoms with van der Waals surface area (Å²) >= 11 is 0. The minimum absolute atomic E-state index is 0.383. The Hall–Kier alpha value is -2.00. The summed E-state index contributed by atoms with van der Waals surface area (Å²) in [6.45, 7) is 13.5. The van der Waals surface area contributed by atoms with Crippen LogP contribution in [-0.4, -0.2) is 0 Å². The zero-order valence-corrected chi connectivity index (χ0v) is 22.9.